The molecule has 2 atom stereocenters. The van der Waals surface area contributed by atoms with E-state index in [9.17, 15) is 19.2 Å². The summed E-state index contributed by atoms with van der Waals surface area (Å²) in [7, 11) is 0. The van der Waals surface area contributed by atoms with Gasteiger partial charge in [-0.1, -0.05) is 78.7 Å². The third-order valence-corrected chi connectivity index (χ3v) is 10.5. The van der Waals surface area contributed by atoms with Gasteiger partial charge in [-0.3, -0.25) is 14.4 Å². The van der Waals surface area contributed by atoms with Crippen molar-refractivity contribution in [3.8, 4) is 44.9 Å². The standard InChI is InChI=1S/C40H37Cl2N3O6/c1-23(9-10-24(2)46)19-44-32-13-11-26(16-34(32)50-21-37(44)48)28-5-3-7-30(39(28)41)31-8-4-6-29(40(31)42)27-12-14-33-35(17-27)51-22-38(49)45(33)20-25-15-36(47)43-18-25/h3-8,11-14,16-17,23,25H,9-10,15,18-22H2,1-2H3,(H,43,47)/t23-,25?/m0/s1. The normalized spacial score (nSPS) is 17.3. The third kappa shape index (κ3) is 7.05. The number of ether oxygens (including phenoxy) is 2. The van der Waals surface area contributed by atoms with Gasteiger partial charge < -0.3 is 29.4 Å². The van der Waals surface area contributed by atoms with E-state index < -0.39 is 0 Å². The molecule has 7 rings (SSSR count). The van der Waals surface area contributed by atoms with Gasteiger partial charge >= 0.3 is 0 Å². The minimum atomic E-state index is -0.142. The molecule has 4 aromatic carbocycles. The number of halogens is 2. The summed E-state index contributed by atoms with van der Waals surface area (Å²) < 4.78 is 11.7. The van der Waals surface area contributed by atoms with Crippen LogP contribution in [0.2, 0.25) is 10.0 Å². The average molecular weight is 727 g/mol. The van der Waals surface area contributed by atoms with Crippen LogP contribution in [-0.2, 0) is 19.2 Å². The molecule has 4 aromatic rings. The van der Waals surface area contributed by atoms with E-state index in [4.69, 9.17) is 32.7 Å². The quantitative estimate of drug-likeness (QED) is 0.181. The molecule has 262 valence electrons. The van der Waals surface area contributed by atoms with Gasteiger partial charge in [-0.15, -0.1) is 0 Å². The Bertz CT molecular complexity index is 2070. The van der Waals surface area contributed by atoms with Crippen molar-refractivity contribution >= 4 is 58.1 Å². The Morgan fingerprint density at radius 3 is 1.86 bits per heavy atom. The maximum Gasteiger partial charge on any atom is 0.265 e. The van der Waals surface area contributed by atoms with Crippen LogP contribution < -0.4 is 24.6 Å². The smallest absolute Gasteiger partial charge is 0.265 e. The number of hydrogen-bond acceptors (Lipinski definition) is 6. The summed E-state index contributed by atoms with van der Waals surface area (Å²) in [6.45, 7) is 4.97. The molecule has 0 radical (unpaired) electrons. The van der Waals surface area contributed by atoms with Crippen LogP contribution in [0.3, 0.4) is 0 Å². The van der Waals surface area contributed by atoms with Gasteiger partial charge in [-0.2, -0.15) is 0 Å². The number of Topliss-reactive ketones (excluding diaryl/α,β-unsaturated/α-hetero) is 1. The summed E-state index contributed by atoms with van der Waals surface area (Å²) in [6, 6.07) is 23.0. The zero-order valence-electron chi connectivity index (χ0n) is 28.3. The summed E-state index contributed by atoms with van der Waals surface area (Å²) in [5, 5.41) is 3.86. The van der Waals surface area contributed by atoms with Crippen LogP contribution in [0.15, 0.2) is 72.8 Å². The van der Waals surface area contributed by atoms with E-state index in [2.05, 4.69) is 5.32 Å². The first-order valence-electron chi connectivity index (χ1n) is 17.1. The lowest BCUT2D eigenvalue weighted by molar-refractivity contribution is -0.122. The molecular formula is C40H37Cl2N3O6. The van der Waals surface area contributed by atoms with Gasteiger partial charge in [0.2, 0.25) is 5.91 Å². The van der Waals surface area contributed by atoms with E-state index in [0.717, 1.165) is 33.4 Å². The fourth-order valence-corrected chi connectivity index (χ4v) is 7.65. The van der Waals surface area contributed by atoms with Gasteiger partial charge in [-0.05, 0) is 54.7 Å². The number of rotatable bonds is 10. The van der Waals surface area contributed by atoms with Gasteiger partial charge in [0, 0.05) is 60.6 Å². The number of anilines is 2. The number of nitrogens with zero attached hydrogens (tertiary/aromatic N) is 2. The molecule has 1 unspecified atom stereocenters. The first-order chi connectivity index (χ1) is 24.6. The van der Waals surface area contributed by atoms with Crippen molar-refractivity contribution < 1.29 is 28.7 Å². The van der Waals surface area contributed by atoms with Crippen molar-refractivity contribution in [2.24, 2.45) is 11.8 Å². The summed E-state index contributed by atoms with van der Waals surface area (Å²) in [5.41, 5.74) is 6.08. The number of nitrogens with one attached hydrogen (secondary N) is 1. The minimum Gasteiger partial charge on any atom is -0.482 e. The molecule has 51 heavy (non-hydrogen) atoms. The molecule has 9 nitrogen and oxygen atoms in total. The number of fused-ring (bicyclic) bond motifs is 2. The van der Waals surface area contributed by atoms with Crippen LogP contribution in [-0.4, -0.2) is 56.4 Å². The number of carbonyl (C=O) groups is 4. The fourth-order valence-electron chi connectivity index (χ4n) is 6.97. The second-order valence-corrected chi connectivity index (χ2v) is 14.3. The van der Waals surface area contributed by atoms with E-state index in [0.29, 0.717) is 71.8 Å². The molecule has 0 aliphatic carbocycles. The Balaban J connectivity index is 1.16. The lowest BCUT2D eigenvalue weighted by atomic mass is 9.95. The van der Waals surface area contributed by atoms with Crippen molar-refractivity contribution in [1.82, 2.24) is 5.32 Å². The predicted octanol–water partition coefficient (Wildman–Crippen LogP) is 7.59. The maximum absolute atomic E-state index is 12.8. The number of carbonyl (C=O) groups excluding carboxylic acids is 4. The van der Waals surface area contributed by atoms with E-state index in [1.807, 2.05) is 79.7 Å². The molecule has 0 aromatic heterocycles. The maximum atomic E-state index is 12.8. The summed E-state index contributed by atoms with van der Waals surface area (Å²) in [4.78, 5) is 52.3. The number of benzene rings is 4. The molecule has 0 bridgehead atoms. The van der Waals surface area contributed by atoms with E-state index >= 15 is 0 Å². The van der Waals surface area contributed by atoms with E-state index in [-0.39, 0.29) is 48.6 Å². The van der Waals surface area contributed by atoms with Gasteiger partial charge in [0.15, 0.2) is 13.2 Å². The molecular weight excluding hydrogens is 689 g/mol. The lowest BCUT2D eigenvalue weighted by Gasteiger charge is -2.31. The molecule has 1 saturated heterocycles. The number of hydrogen-bond donors (Lipinski definition) is 1. The molecule has 3 amide bonds. The molecule has 3 aliphatic heterocycles. The highest BCUT2D eigenvalue weighted by Gasteiger charge is 2.32. The molecule has 1 N–H and O–H groups in total. The van der Waals surface area contributed by atoms with Crippen molar-refractivity contribution in [3.05, 3.63) is 82.8 Å². The summed E-state index contributed by atoms with van der Waals surface area (Å²) >= 11 is 14.3. The highest BCUT2D eigenvalue weighted by molar-refractivity contribution is 6.39. The van der Waals surface area contributed by atoms with E-state index in [1.165, 1.54) is 0 Å². The molecule has 3 heterocycles. The Hall–Kier alpha value is -4.86. The first-order valence-corrected chi connectivity index (χ1v) is 17.8. The second kappa shape index (κ2) is 14.4. The van der Waals surface area contributed by atoms with Crippen molar-refractivity contribution in [3.63, 3.8) is 0 Å². The molecule has 3 aliphatic rings. The number of amides is 3. The minimum absolute atomic E-state index is 0.00144. The average Bonchev–Trinajstić information content (AvgIpc) is 3.54. The van der Waals surface area contributed by atoms with Crippen LogP contribution in [0.1, 0.15) is 33.1 Å². The van der Waals surface area contributed by atoms with Gasteiger partial charge in [0.05, 0.1) is 21.4 Å². The Morgan fingerprint density at radius 1 is 0.804 bits per heavy atom. The third-order valence-electron chi connectivity index (χ3n) is 9.70. The van der Waals surface area contributed by atoms with Crippen LogP contribution in [0, 0.1) is 11.8 Å². The molecule has 0 saturated carbocycles. The Morgan fingerprint density at radius 2 is 1.33 bits per heavy atom. The van der Waals surface area contributed by atoms with Crippen LogP contribution in [0.5, 0.6) is 11.5 Å². The van der Waals surface area contributed by atoms with Gasteiger partial charge in [-0.25, -0.2) is 0 Å². The zero-order chi connectivity index (χ0) is 35.8. The van der Waals surface area contributed by atoms with Crippen molar-refractivity contribution in [2.45, 2.75) is 33.1 Å². The number of ketones is 1. The molecule has 0 spiro atoms. The molecule has 11 heteroatoms. The van der Waals surface area contributed by atoms with Gasteiger partial charge in [0.1, 0.15) is 17.3 Å². The Kier molecular flexibility index (Phi) is 9.77. The zero-order valence-corrected chi connectivity index (χ0v) is 29.9. The van der Waals surface area contributed by atoms with Crippen LogP contribution in [0.25, 0.3) is 33.4 Å². The monoisotopic (exact) mass is 725 g/mol. The largest absolute Gasteiger partial charge is 0.482 e. The van der Waals surface area contributed by atoms with Crippen LogP contribution >= 0.6 is 23.2 Å². The van der Waals surface area contributed by atoms with Crippen molar-refractivity contribution in [1.29, 1.82) is 0 Å². The first kappa shape index (κ1) is 34.6. The highest BCUT2D eigenvalue weighted by Crippen LogP contribution is 2.45. The second-order valence-electron chi connectivity index (χ2n) is 13.5. The topological polar surface area (TPSA) is 105 Å². The highest BCUT2D eigenvalue weighted by atomic mass is 35.5. The Labute approximate surface area is 306 Å². The predicted molar refractivity (Wildman–Crippen MR) is 199 cm³/mol. The van der Waals surface area contributed by atoms with Crippen molar-refractivity contribution in [2.75, 3.05) is 42.6 Å². The molecule has 1 fully saturated rings. The lowest BCUT2D eigenvalue weighted by Crippen LogP contribution is -2.42. The van der Waals surface area contributed by atoms with Crippen LogP contribution in [0.4, 0.5) is 11.4 Å². The van der Waals surface area contributed by atoms with E-state index in [1.54, 1.807) is 16.7 Å². The van der Waals surface area contributed by atoms with Gasteiger partial charge in [0.25, 0.3) is 11.8 Å². The summed E-state index contributed by atoms with van der Waals surface area (Å²) in [5.74, 6) is 1.24. The SMILES string of the molecule is CC(=O)CC[C@H](C)CN1C(=O)COc2cc(-c3cccc(-c4cccc(-c5ccc6c(c5)OCC(=O)N6CC5CNC(=O)C5)c4Cl)c3Cl)ccc21. The fraction of sp³-hybridized carbons (Fsp3) is 0.300. The summed E-state index contributed by atoms with van der Waals surface area (Å²) in [6.07, 6.45) is 1.59.